The molecule has 0 atom stereocenters. The number of halogens is 1. The first-order chi connectivity index (χ1) is 10.9. The molecular weight excluding hydrogens is 374 g/mol. The zero-order valence-corrected chi connectivity index (χ0v) is 15.7. The lowest BCUT2D eigenvalue weighted by atomic mass is 10.1. The lowest BCUT2D eigenvalue weighted by Gasteiger charge is -2.08. The summed E-state index contributed by atoms with van der Waals surface area (Å²) >= 11 is 4.85. The molecule has 1 amide bonds. The number of aromatic nitrogens is 2. The van der Waals surface area contributed by atoms with Crippen LogP contribution in [0.4, 0.5) is 5.69 Å². The van der Waals surface area contributed by atoms with E-state index in [0.717, 1.165) is 43.0 Å². The summed E-state index contributed by atoms with van der Waals surface area (Å²) in [6.45, 7) is 7.75. The number of aryl methyl sites for hydroxylation is 4. The second-order valence-electron chi connectivity index (χ2n) is 5.51. The standard InChI is InChI=1S/C17H16BrN3OS/c1-8-5-6-12(18)7-13(8)21-16(22)15-9(2)14-10(3)19-11(4)20-17(14)23-15/h5-7H,1-4H3,(H,21,22). The number of hydrogen-bond acceptors (Lipinski definition) is 4. The Morgan fingerprint density at radius 1 is 1.17 bits per heavy atom. The highest BCUT2D eigenvalue weighted by atomic mass is 79.9. The van der Waals surface area contributed by atoms with Crippen molar-refractivity contribution in [3.8, 4) is 0 Å². The predicted octanol–water partition coefficient (Wildman–Crippen LogP) is 4.94. The highest BCUT2D eigenvalue weighted by molar-refractivity contribution is 9.10. The zero-order chi connectivity index (χ0) is 16.7. The maximum absolute atomic E-state index is 12.7. The first-order valence-electron chi connectivity index (χ1n) is 7.18. The number of amides is 1. The first-order valence-corrected chi connectivity index (χ1v) is 8.79. The van der Waals surface area contributed by atoms with Crippen LogP contribution in [0.2, 0.25) is 0 Å². The van der Waals surface area contributed by atoms with Gasteiger partial charge in [-0.15, -0.1) is 11.3 Å². The Bertz CT molecular complexity index is 933. The maximum atomic E-state index is 12.7. The number of carbonyl (C=O) groups is 1. The Balaban J connectivity index is 2.03. The smallest absolute Gasteiger partial charge is 0.266 e. The van der Waals surface area contributed by atoms with Crippen molar-refractivity contribution in [3.63, 3.8) is 0 Å². The molecule has 0 saturated carbocycles. The topological polar surface area (TPSA) is 54.9 Å². The molecule has 118 valence electrons. The Hall–Kier alpha value is -1.79. The molecule has 0 aliphatic carbocycles. The van der Waals surface area contributed by atoms with Gasteiger partial charge in [-0.1, -0.05) is 22.0 Å². The fraction of sp³-hybridized carbons (Fsp3) is 0.235. The number of rotatable bonds is 2. The Morgan fingerprint density at radius 3 is 2.65 bits per heavy atom. The van der Waals surface area contributed by atoms with Crippen molar-refractivity contribution in [2.24, 2.45) is 0 Å². The number of thiophene rings is 1. The maximum Gasteiger partial charge on any atom is 0.266 e. The molecule has 0 aliphatic heterocycles. The van der Waals surface area contributed by atoms with Gasteiger partial charge in [0.25, 0.3) is 5.91 Å². The molecule has 0 saturated heterocycles. The minimum atomic E-state index is -0.108. The van der Waals surface area contributed by atoms with Crippen molar-refractivity contribution in [2.45, 2.75) is 27.7 Å². The van der Waals surface area contributed by atoms with Crippen molar-refractivity contribution >= 4 is 49.1 Å². The van der Waals surface area contributed by atoms with Crippen LogP contribution < -0.4 is 5.32 Å². The van der Waals surface area contributed by atoms with Gasteiger partial charge in [-0.05, 0) is 51.0 Å². The summed E-state index contributed by atoms with van der Waals surface area (Å²) in [7, 11) is 0. The van der Waals surface area contributed by atoms with E-state index in [0.29, 0.717) is 4.88 Å². The molecule has 0 aliphatic rings. The largest absolute Gasteiger partial charge is 0.321 e. The van der Waals surface area contributed by atoms with Gasteiger partial charge in [-0.2, -0.15) is 0 Å². The van der Waals surface area contributed by atoms with E-state index in [9.17, 15) is 4.79 Å². The molecule has 6 heteroatoms. The molecule has 23 heavy (non-hydrogen) atoms. The average molecular weight is 390 g/mol. The Kier molecular flexibility index (Phi) is 4.21. The molecule has 4 nitrogen and oxygen atoms in total. The summed E-state index contributed by atoms with van der Waals surface area (Å²) in [6.07, 6.45) is 0. The van der Waals surface area contributed by atoms with Crippen LogP contribution in [-0.2, 0) is 0 Å². The summed E-state index contributed by atoms with van der Waals surface area (Å²) < 4.78 is 0.934. The molecule has 0 bridgehead atoms. The minimum absolute atomic E-state index is 0.108. The molecule has 3 rings (SSSR count). The Labute approximate surface area is 147 Å². The highest BCUT2D eigenvalue weighted by Gasteiger charge is 2.19. The number of benzene rings is 1. The van der Waals surface area contributed by atoms with E-state index in [1.807, 2.05) is 45.9 Å². The molecule has 0 spiro atoms. The molecule has 2 heterocycles. The van der Waals surface area contributed by atoms with Crippen molar-refractivity contribution in [1.29, 1.82) is 0 Å². The summed E-state index contributed by atoms with van der Waals surface area (Å²) in [5.74, 6) is 0.620. The van der Waals surface area contributed by atoms with Crippen molar-refractivity contribution in [2.75, 3.05) is 5.32 Å². The minimum Gasteiger partial charge on any atom is -0.321 e. The third-order valence-electron chi connectivity index (χ3n) is 3.74. The second-order valence-corrected chi connectivity index (χ2v) is 7.42. The first kappa shape index (κ1) is 16.1. The van der Waals surface area contributed by atoms with Crippen LogP contribution in [0.3, 0.4) is 0 Å². The molecule has 1 N–H and O–H groups in total. The molecule has 0 fully saturated rings. The molecule has 0 unspecified atom stereocenters. The fourth-order valence-electron chi connectivity index (χ4n) is 2.60. The van der Waals surface area contributed by atoms with Crippen LogP contribution in [0.1, 0.15) is 32.3 Å². The lowest BCUT2D eigenvalue weighted by molar-refractivity contribution is 0.103. The van der Waals surface area contributed by atoms with Crippen molar-refractivity contribution in [1.82, 2.24) is 9.97 Å². The third kappa shape index (κ3) is 3.01. The van der Waals surface area contributed by atoms with E-state index in [-0.39, 0.29) is 5.91 Å². The van der Waals surface area contributed by atoms with Gasteiger partial charge in [0.1, 0.15) is 10.7 Å². The summed E-state index contributed by atoms with van der Waals surface area (Å²) in [6, 6.07) is 5.83. The molecule has 3 aromatic rings. The number of hydrogen-bond donors (Lipinski definition) is 1. The van der Waals surface area contributed by atoms with Gasteiger partial charge in [-0.3, -0.25) is 4.79 Å². The van der Waals surface area contributed by atoms with Crippen molar-refractivity contribution < 1.29 is 4.79 Å². The summed E-state index contributed by atoms with van der Waals surface area (Å²) in [5, 5.41) is 3.98. The van der Waals surface area contributed by atoms with E-state index in [1.165, 1.54) is 11.3 Å². The number of nitrogens with zero attached hydrogens (tertiary/aromatic N) is 2. The normalized spacial score (nSPS) is 11.0. The van der Waals surface area contributed by atoms with E-state index in [4.69, 9.17) is 0 Å². The summed E-state index contributed by atoms with van der Waals surface area (Å²) in [5.41, 5.74) is 3.68. The third-order valence-corrected chi connectivity index (χ3v) is 5.41. The second kappa shape index (κ2) is 6.02. The van der Waals surface area contributed by atoms with Gasteiger partial charge >= 0.3 is 0 Å². The van der Waals surface area contributed by atoms with Gasteiger partial charge in [-0.25, -0.2) is 9.97 Å². The van der Waals surface area contributed by atoms with Crippen LogP contribution >= 0.6 is 27.3 Å². The fourth-order valence-corrected chi connectivity index (χ4v) is 4.13. The molecule has 0 radical (unpaired) electrons. The van der Waals surface area contributed by atoms with Crippen LogP contribution in [0.25, 0.3) is 10.2 Å². The monoisotopic (exact) mass is 389 g/mol. The van der Waals surface area contributed by atoms with Crippen LogP contribution in [0.15, 0.2) is 22.7 Å². The van der Waals surface area contributed by atoms with Gasteiger partial charge in [0.05, 0.1) is 4.88 Å². The SMILES string of the molecule is Cc1nc(C)c2c(C)c(C(=O)Nc3cc(Br)ccc3C)sc2n1. The van der Waals surface area contributed by atoms with Gasteiger partial charge in [0.15, 0.2) is 0 Å². The average Bonchev–Trinajstić information content (AvgIpc) is 2.80. The van der Waals surface area contributed by atoms with Gasteiger partial charge < -0.3 is 5.32 Å². The number of nitrogens with one attached hydrogen (secondary N) is 1. The van der Waals surface area contributed by atoms with Gasteiger partial charge in [0, 0.05) is 21.2 Å². The van der Waals surface area contributed by atoms with E-state index >= 15 is 0 Å². The molecule has 2 aromatic heterocycles. The zero-order valence-electron chi connectivity index (χ0n) is 13.3. The van der Waals surface area contributed by atoms with E-state index in [2.05, 4.69) is 31.2 Å². The van der Waals surface area contributed by atoms with Gasteiger partial charge in [0.2, 0.25) is 0 Å². The number of anilines is 1. The quantitative estimate of drug-likeness (QED) is 0.674. The van der Waals surface area contributed by atoms with Crippen LogP contribution in [-0.4, -0.2) is 15.9 Å². The van der Waals surface area contributed by atoms with E-state index < -0.39 is 0 Å². The predicted molar refractivity (Wildman–Crippen MR) is 98.5 cm³/mol. The van der Waals surface area contributed by atoms with Crippen LogP contribution in [0, 0.1) is 27.7 Å². The molecule has 1 aromatic carbocycles. The highest BCUT2D eigenvalue weighted by Crippen LogP contribution is 2.32. The number of carbonyl (C=O) groups excluding carboxylic acids is 1. The van der Waals surface area contributed by atoms with E-state index in [1.54, 1.807) is 0 Å². The Morgan fingerprint density at radius 2 is 1.91 bits per heavy atom. The molecular formula is C17H16BrN3OS. The van der Waals surface area contributed by atoms with Crippen molar-refractivity contribution in [3.05, 3.63) is 50.2 Å². The number of fused-ring (bicyclic) bond motifs is 1. The van der Waals surface area contributed by atoms with Crippen LogP contribution in [0.5, 0.6) is 0 Å². The summed E-state index contributed by atoms with van der Waals surface area (Å²) in [4.78, 5) is 23.1. The lowest BCUT2D eigenvalue weighted by Crippen LogP contribution is -2.12.